The molecule has 2 aromatic rings. The maximum atomic E-state index is 14.6. The number of aliphatic carboxylic acids is 1. The van der Waals surface area contributed by atoms with E-state index in [1.165, 1.54) is 28.8 Å². The van der Waals surface area contributed by atoms with E-state index in [0.717, 1.165) is 6.07 Å². The second kappa shape index (κ2) is 13.2. The molecule has 1 aliphatic heterocycles. The molecule has 3 rings (SSSR count). The van der Waals surface area contributed by atoms with Crippen LogP contribution < -0.4 is 16.4 Å². The van der Waals surface area contributed by atoms with Gasteiger partial charge in [0.1, 0.15) is 17.7 Å². The van der Waals surface area contributed by atoms with Crippen molar-refractivity contribution in [3.8, 4) is 0 Å². The predicted octanol–water partition coefficient (Wildman–Crippen LogP) is 3.24. The Balaban J connectivity index is 1.56. The Morgan fingerprint density at radius 3 is 2.36 bits per heavy atom. The average Bonchev–Trinajstić information content (AvgIpc) is 3.35. The van der Waals surface area contributed by atoms with Gasteiger partial charge in [0.05, 0.1) is 0 Å². The number of hydrogen-bond donors (Lipinski definition) is 4. The van der Waals surface area contributed by atoms with Crippen molar-refractivity contribution >= 4 is 35.2 Å². The van der Waals surface area contributed by atoms with Gasteiger partial charge in [-0.3, -0.25) is 9.59 Å². The first-order chi connectivity index (χ1) is 18.4. The van der Waals surface area contributed by atoms with Crippen molar-refractivity contribution in [1.29, 1.82) is 0 Å². The number of carbonyl (C=O) groups is 3. The van der Waals surface area contributed by atoms with Crippen molar-refractivity contribution in [1.82, 2.24) is 10.2 Å². The third-order valence-corrected chi connectivity index (χ3v) is 7.41. The largest absolute Gasteiger partial charge is 0.480 e. The second-order valence-corrected chi connectivity index (χ2v) is 10.8. The van der Waals surface area contributed by atoms with Crippen molar-refractivity contribution in [3.63, 3.8) is 0 Å². The van der Waals surface area contributed by atoms with Crippen LogP contribution in [-0.2, 0) is 27.3 Å². The van der Waals surface area contributed by atoms with Crippen LogP contribution in [0.3, 0.4) is 0 Å². The summed E-state index contributed by atoms with van der Waals surface area (Å²) < 4.78 is 55.2. The lowest BCUT2D eigenvalue weighted by molar-refractivity contribution is -0.138. The number of nitrogens with one attached hydrogen (secondary N) is 2. The van der Waals surface area contributed by atoms with Crippen molar-refractivity contribution in [3.05, 3.63) is 64.7 Å². The van der Waals surface area contributed by atoms with Crippen LogP contribution in [0.5, 0.6) is 0 Å². The Kier molecular flexibility index (Phi) is 10.2. The number of carboxylic acids is 1. The Morgan fingerprint density at radius 2 is 1.72 bits per heavy atom. The molecule has 0 saturated carbocycles. The van der Waals surface area contributed by atoms with Crippen molar-refractivity contribution in [2.75, 3.05) is 17.6 Å². The molecular formula is C26H30F4N4O4S. The van der Waals surface area contributed by atoms with E-state index in [-0.39, 0.29) is 48.7 Å². The molecule has 13 heteroatoms. The Hall–Kier alpha value is -3.32. The average molecular weight is 571 g/mol. The van der Waals surface area contributed by atoms with E-state index >= 15 is 0 Å². The second-order valence-electron chi connectivity index (χ2n) is 9.56. The fourth-order valence-electron chi connectivity index (χ4n) is 4.10. The Bertz CT molecular complexity index is 1230. The highest BCUT2D eigenvalue weighted by atomic mass is 32.2. The van der Waals surface area contributed by atoms with Gasteiger partial charge >= 0.3 is 5.97 Å². The quantitative estimate of drug-likeness (QED) is 0.242. The van der Waals surface area contributed by atoms with Gasteiger partial charge in [0.2, 0.25) is 5.91 Å². The highest BCUT2D eigenvalue weighted by Crippen LogP contribution is 2.26. The van der Waals surface area contributed by atoms with Crippen LogP contribution in [0.15, 0.2) is 30.3 Å². The number of thioether (sulfide) groups is 1. The minimum atomic E-state index is -1.32. The molecule has 1 fully saturated rings. The molecule has 0 spiro atoms. The summed E-state index contributed by atoms with van der Waals surface area (Å²) in [5, 5.41) is 13.8. The molecule has 0 aliphatic carbocycles. The lowest BCUT2D eigenvalue weighted by Gasteiger charge is -2.24. The molecule has 8 nitrogen and oxygen atoms in total. The first-order valence-corrected chi connectivity index (χ1v) is 13.3. The maximum Gasteiger partial charge on any atom is 0.326 e. The first-order valence-electron chi connectivity index (χ1n) is 12.2. The van der Waals surface area contributed by atoms with E-state index in [1.54, 1.807) is 13.8 Å². The van der Waals surface area contributed by atoms with Gasteiger partial charge in [-0.15, -0.1) is 11.8 Å². The molecule has 39 heavy (non-hydrogen) atoms. The molecule has 212 valence electrons. The van der Waals surface area contributed by atoms with Crippen LogP contribution in [0.2, 0.25) is 0 Å². The van der Waals surface area contributed by atoms with E-state index < -0.39 is 58.5 Å². The van der Waals surface area contributed by atoms with Crippen LogP contribution in [0.1, 0.15) is 31.4 Å². The third kappa shape index (κ3) is 7.85. The van der Waals surface area contributed by atoms with Crippen molar-refractivity contribution in [2.24, 2.45) is 11.7 Å². The van der Waals surface area contributed by atoms with Gasteiger partial charge in [0.15, 0.2) is 17.0 Å². The SMILES string of the molecule is CC(C)C(Nc1ccc(CNC(=O)C2SCCN2C(=O)CC(N)Cc2cc(F)c(F)cc2F)c(F)c1)C(=O)O. The summed E-state index contributed by atoms with van der Waals surface area (Å²) in [4.78, 5) is 38.3. The van der Waals surface area contributed by atoms with Gasteiger partial charge in [-0.05, 0) is 36.1 Å². The Morgan fingerprint density at radius 1 is 1.05 bits per heavy atom. The smallest absolute Gasteiger partial charge is 0.326 e. The molecular weight excluding hydrogens is 540 g/mol. The standard InChI is InChI=1S/C26H30F4N4O4S/c1-13(2)23(26(37)38)33-17-4-3-14(18(27)10-17)12-32-24(36)25-34(5-6-39-25)22(35)9-16(31)7-15-8-20(29)21(30)11-19(15)28/h3-4,8,10-11,13,16,23,25,33H,5-7,9,12,31H2,1-2H3,(H,32,36)(H,37,38). The lowest BCUT2D eigenvalue weighted by atomic mass is 10.0. The highest BCUT2D eigenvalue weighted by Gasteiger charge is 2.35. The molecule has 0 aromatic heterocycles. The van der Waals surface area contributed by atoms with Crippen LogP contribution in [0.4, 0.5) is 23.2 Å². The summed E-state index contributed by atoms with van der Waals surface area (Å²) in [7, 11) is 0. The van der Waals surface area contributed by atoms with E-state index in [4.69, 9.17) is 5.73 Å². The minimum Gasteiger partial charge on any atom is -0.480 e. The van der Waals surface area contributed by atoms with E-state index in [2.05, 4.69) is 10.6 Å². The van der Waals surface area contributed by atoms with Gasteiger partial charge in [0.25, 0.3) is 5.91 Å². The molecule has 2 aromatic carbocycles. The van der Waals surface area contributed by atoms with Gasteiger partial charge in [0, 0.05) is 48.6 Å². The number of anilines is 1. The molecule has 0 radical (unpaired) electrons. The van der Waals surface area contributed by atoms with Crippen LogP contribution in [0, 0.1) is 29.2 Å². The molecule has 0 bridgehead atoms. The van der Waals surface area contributed by atoms with Crippen molar-refractivity contribution < 1.29 is 37.1 Å². The monoisotopic (exact) mass is 570 g/mol. The fourth-order valence-corrected chi connectivity index (χ4v) is 5.27. The van der Waals surface area contributed by atoms with E-state index in [1.807, 2.05) is 0 Å². The first kappa shape index (κ1) is 30.2. The zero-order chi connectivity index (χ0) is 28.9. The minimum absolute atomic E-state index is 0.161. The zero-order valence-electron chi connectivity index (χ0n) is 21.3. The number of nitrogens with two attached hydrogens (primary N) is 1. The summed E-state index contributed by atoms with van der Waals surface area (Å²) in [5.74, 6) is -5.96. The summed E-state index contributed by atoms with van der Waals surface area (Å²) >= 11 is 1.22. The highest BCUT2D eigenvalue weighted by molar-refractivity contribution is 8.00. The predicted molar refractivity (Wildman–Crippen MR) is 139 cm³/mol. The maximum absolute atomic E-state index is 14.6. The number of amides is 2. The van der Waals surface area contributed by atoms with E-state index in [9.17, 15) is 37.1 Å². The van der Waals surface area contributed by atoms with Crippen LogP contribution in [-0.4, -0.2) is 57.5 Å². The lowest BCUT2D eigenvalue weighted by Crippen LogP contribution is -2.46. The number of halogens is 4. The summed E-state index contributed by atoms with van der Waals surface area (Å²) in [6.45, 7) is 3.55. The summed E-state index contributed by atoms with van der Waals surface area (Å²) in [6.07, 6.45) is -0.458. The summed E-state index contributed by atoms with van der Waals surface area (Å²) in [6, 6.07) is 3.41. The fraction of sp³-hybridized carbons (Fsp3) is 0.423. The molecule has 2 amide bonds. The van der Waals surface area contributed by atoms with Crippen molar-refractivity contribution in [2.45, 2.75) is 50.7 Å². The van der Waals surface area contributed by atoms with Gasteiger partial charge < -0.3 is 26.4 Å². The molecule has 1 aliphatic rings. The number of carboxylic acid groups (broad SMARTS) is 1. The number of rotatable bonds is 11. The van der Waals surface area contributed by atoms with Gasteiger partial charge in [-0.2, -0.15) is 0 Å². The topological polar surface area (TPSA) is 125 Å². The number of carbonyl (C=O) groups excluding carboxylic acids is 2. The number of hydrogen-bond acceptors (Lipinski definition) is 6. The molecule has 3 atom stereocenters. The van der Waals surface area contributed by atoms with Gasteiger partial charge in [-0.1, -0.05) is 19.9 Å². The van der Waals surface area contributed by atoms with Crippen LogP contribution >= 0.6 is 11.8 Å². The molecule has 1 saturated heterocycles. The molecule has 3 unspecified atom stereocenters. The third-order valence-electron chi connectivity index (χ3n) is 6.20. The Labute approximate surface area is 227 Å². The molecule has 5 N–H and O–H groups in total. The van der Waals surface area contributed by atoms with Gasteiger partial charge in [-0.25, -0.2) is 22.4 Å². The molecule has 1 heterocycles. The zero-order valence-corrected chi connectivity index (χ0v) is 22.2. The summed E-state index contributed by atoms with van der Waals surface area (Å²) in [5.41, 5.74) is 6.25. The normalized spacial score (nSPS) is 16.7. The number of benzene rings is 2. The number of nitrogens with zero attached hydrogens (tertiary/aromatic N) is 1. The van der Waals surface area contributed by atoms with Crippen LogP contribution in [0.25, 0.3) is 0 Å². The van der Waals surface area contributed by atoms with E-state index in [0.29, 0.717) is 17.9 Å².